The van der Waals surface area contributed by atoms with E-state index >= 15 is 0 Å². The van der Waals surface area contributed by atoms with Crippen molar-refractivity contribution in [3.05, 3.63) is 24.3 Å². The van der Waals surface area contributed by atoms with Crippen LogP contribution >= 0.6 is 12.4 Å². The minimum absolute atomic E-state index is 0. The number of anilines is 1. The van der Waals surface area contributed by atoms with Gasteiger partial charge >= 0.3 is 0 Å². The van der Waals surface area contributed by atoms with Crippen molar-refractivity contribution < 1.29 is 9.53 Å². The largest absolute Gasteiger partial charge is 0.495 e. The van der Waals surface area contributed by atoms with E-state index in [9.17, 15) is 4.79 Å². The lowest BCUT2D eigenvalue weighted by molar-refractivity contribution is -0.122. The standard InChI is InChI=1S/C17H27N3O2.ClH/c1-12(20-10-9-15(18)17(2,3)11-20)16(21)19-13-7-5-6-8-14(13)22-4;/h5-8,12,15H,9-11,18H2,1-4H3,(H,19,21);1H. The fourth-order valence-corrected chi connectivity index (χ4v) is 2.90. The number of rotatable bonds is 4. The quantitative estimate of drug-likeness (QED) is 0.883. The van der Waals surface area contributed by atoms with E-state index in [1.807, 2.05) is 31.2 Å². The number of ether oxygens (including phenoxy) is 1. The monoisotopic (exact) mass is 341 g/mol. The van der Waals surface area contributed by atoms with Crippen molar-refractivity contribution in [2.24, 2.45) is 11.1 Å². The summed E-state index contributed by atoms with van der Waals surface area (Å²) in [6.07, 6.45) is 0.916. The Bertz CT molecular complexity index is 536. The molecule has 0 saturated carbocycles. The number of amides is 1. The Kier molecular flexibility index (Phi) is 6.86. The molecule has 0 spiro atoms. The average Bonchev–Trinajstić information content (AvgIpc) is 2.49. The maximum atomic E-state index is 12.5. The highest BCUT2D eigenvalue weighted by Gasteiger charge is 2.36. The molecule has 3 N–H and O–H groups in total. The Hall–Kier alpha value is -1.30. The van der Waals surface area contributed by atoms with Crippen LogP contribution in [0.2, 0.25) is 0 Å². The number of carbonyl (C=O) groups excluding carboxylic acids is 1. The molecular formula is C17H28ClN3O2. The van der Waals surface area contributed by atoms with E-state index in [0.717, 1.165) is 19.5 Å². The number of likely N-dealkylation sites (tertiary alicyclic amines) is 1. The van der Waals surface area contributed by atoms with Gasteiger partial charge in [-0.15, -0.1) is 12.4 Å². The Morgan fingerprint density at radius 2 is 2.09 bits per heavy atom. The van der Waals surface area contributed by atoms with Crippen molar-refractivity contribution in [3.8, 4) is 5.75 Å². The Morgan fingerprint density at radius 1 is 1.43 bits per heavy atom. The number of piperidine rings is 1. The molecular weight excluding hydrogens is 314 g/mol. The summed E-state index contributed by atoms with van der Waals surface area (Å²) < 4.78 is 5.27. The van der Waals surface area contributed by atoms with Gasteiger partial charge in [0.25, 0.3) is 0 Å². The van der Waals surface area contributed by atoms with Gasteiger partial charge in [-0.1, -0.05) is 26.0 Å². The number of nitrogens with two attached hydrogens (primary N) is 1. The summed E-state index contributed by atoms with van der Waals surface area (Å²) in [5, 5.41) is 2.96. The van der Waals surface area contributed by atoms with Crippen LogP contribution in [0.1, 0.15) is 27.2 Å². The first-order valence-electron chi connectivity index (χ1n) is 7.78. The van der Waals surface area contributed by atoms with Gasteiger partial charge in [-0.3, -0.25) is 9.69 Å². The van der Waals surface area contributed by atoms with Crippen LogP contribution in [0.3, 0.4) is 0 Å². The minimum Gasteiger partial charge on any atom is -0.495 e. The molecule has 2 unspecified atom stereocenters. The maximum Gasteiger partial charge on any atom is 0.241 e. The third-order valence-corrected chi connectivity index (χ3v) is 4.63. The van der Waals surface area contributed by atoms with Crippen LogP contribution < -0.4 is 15.8 Å². The van der Waals surface area contributed by atoms with Gasteiger partial charge in [-0.2, -0.15) is 0 Å². The van der Waals surface area contributed by atoms with Crippen molar-refractivity contribution in [2.45, 2.75) is 39.3 Å². The molecule has 5 nitrogen and oxygen atoms in total. The summed E-state index contributed by atoms with van der Waals surface area (Å²) in [5.41, 5.74) is 6.90. The van der Waals surface area contributed by atoms with Crippen molar-refractivity contribution in [3.63, 3.8) is 0 Å². The second kappa shape index (κ2) is 7.99. The van der Waals surface area contributed by atoms with Gasteiger partial charge in [0.15, 0.2) is 0 Å². The summed E-state index contributed by atoms with van der Waals surface area (Å²) in [6, 6.07) is 7.44. The van der Waals surface area contributed by atoms with Crippen LogP contribution in [-0.2, 0) is 4.79 Å². The van der Waals surface area contributed by atoms with E-state index in [-0.39, 0.29) is 35.8 Å². The summed E-state index contributed by atoms with van der Waals surface area (Å²) in [5.74, 6) is 0.653. The normalized spacial score (nSPS) is 21.9. The molecule has 1 aromatic rings. The van der Waals surface area contributed by atoms with E-state index in [1.54, 1.807) is 7.11 Å². The number of hydrogen-bond acceptors (Lipinski definition) is 4. The molecule has 1 aromatic carbocycles. The summed E-state index contributed by atoms with van der Waals surface area (Å²) in [6.45, 7) is 7.95. The molecule has 1 heterocycles. The molecule has 130 valence electrons. The summed E-state index contributed by atoms with van der Waals surface area (Å²) >= 11 is 0. The van der Waals surface area contributed by atoms with Crippen LogP contribution in [0.5, 0.6) is 5.75 Å². The predicted octanol–water partition coefficient (Wildman–Crippen LogP) is 2.50. The third-order valence-electron chi connectivity index (χ3n) is 4.63. The molecule has 1 aliphatic heterocycles. The number of carbonyl (C=O) groups is 1. The zero-order valence-electron chi connectivity index (χ0n) is 14.3. The van der Waals surface area contributed by atoms with Crippen molar-refractivity contribution in [1.29, 1.82) is 0 Å². The lowest BCUT2D eigenvalue weighted by atomic mass is 9.79. The molecule has 1 aliphatic rings. The van der Waals surface area contributed by atoms with Gasteiger partial charge < -0.3 is 15.8 Å². The Labute approximate surface area is 145 Å². The third kappa shape index (κ3) is 4.59. The maximum absolute atomic E-state index is 12.5. The topological polar surface area (TPSA) is 67.6 Å². The fourth-order valence-electron chi connectivity index (χ4n) is 2.90. The van der Waals surface area contributed by atoms with Gasteiger partial charge in [-0.05, 0) is 30.9 Å². The fraction of sp³-hybridized carbons (Fsp3) is 0.588. The lowest BCUT2D eigenvalue weighted by Crippen LogP contribution is -2.56. The summed E-state index contributed by atoms with van der Waals surface area (Å²) in [7, 11) is 1.60. The van der Waals surface area contributed by atoms with Crippen LogP contribution in [0.15, 0.2) is 24.3 Å². The van der Waals surface area contributed by atoms with E-state index in [1.165, 1.54) is 0 Å². The zero-order chi connectivity index (χ0) is 16.3. The molecule has 1 amide bonds. The average molecular weight is 342 g/mol. The number of nitrogens with one attached hydrogen (secondary N) is 1. The molecule has 23 heavy (non-hydrogen) atoms. The highest BCUT2D eigenvalue weighted by molar-refractivity contribution is 5.95. The van der Waals surface area contributed by atoms with Crippen molar-refractivity contribution in [1.82, 2.24) is 4.90 Å². The Balaban J connectivity index is 0.00000264. The minimum atomic E-state index is -0.198. The number of nitrogens with zero attached hydrogens (tertiary/aromatic N) is 1. The van der Waals surface area contributed by atoms with E-state index < -0.39 is 0 Å². The van der Waals surface area contributed by atoms with E-state index in [0.29, 0.717) is 11.4 Å². The first kappa shape index (κ1) is 19.7. The Morgan fingerprint density at radius 3 is 2.70 bits per heavy atom. The second-order valence-electron chi connectivity index (χ2n) is 6.72. The van der Waals surface area contributed by atoms with Gasteiger partial charge in [0, 0.05) is 19.1 Å². The molecule has 0 aromatic heterocycles. The first-order chi connectivity index (χ1) is 10.3. The first-order valence-corrected chi connectivity index (χ1v) is 7.78. The van der Waals surface area contributed by atoms with Crippen LogP contribution in [0.4, 0.5) is 5.69 Å². The van der Waals surface area contributed by atoms with Crippen molar-refractivity contribution in [2.75, 3.05) is 25.5 Å². The number of hydrogen-bond donors (Lipinski definition) is 2. The number of halogens is 1. The van der Waals surface area contributed by atoms with E-state index in [2.05, 4.69) is 24.1 Å². The van der Waals surface area contributed by atoms with Crippen LogP contribution in [0.25, 0.3) is 0 Å². The molecule has 0 bridgehead atoms. The van der Waals surface area contributed by atoms with E-state index in [4.69, 9.17) is 10.5 Å². The molecule has 6 heteroatoms. The SMILES string of the molecule is COc1ccccc1NC(=O)C(C)N1CCC(N)C(C)(C)C1.Cl. The zero-order valence-corrected chi connectivity index (χ0v) is 15.2. The van der Waals surface area contributed by atoms with Gasteiger partial charge in [0.2, 0.25) is 5.91 Å². The van der Waals surface area contributed by atoms with Gasteiger partial charge in [-0.25, -0.2) is 0 Å². The van der Waals surface area contributed by atoms with Crippen LogP contribution in [0, 0.1) is 5.41 Å². The molecule has 0 aliphatic carbocycles. The predicted molar refractivity (Wildman–Crippen MR) is 96.3 cm³/mol. The highest BCUT2D eigenvalue weighted by atomic mass is 35.5. The van der Waals surface area contributed by atoms with Gasteiger partial charge in [0.05, 0.1) is 18.8 Å². The number of methoxy groups -OCH3 is 1. The molecule has 0 radical (unpaired) electrons. The molecule has 2 atom stereocenters. The van der Waals surface area contributed by atoms with Crippen molar-refractivity contribution >= 4 is 24.0 Å². The summed E-state index contributed by atoms with van der Waals surface area (Å²) in [4.78, 5) is 14.7. The van der Waals surface area contributed by atoms with Gasteiger partial charge in [0.1, 0.15) is 5.75 Å². The highest BCUT2D eigenvalue weighted by Crippen LogP contribution is 2.29. The number of benzene rings is 1. The smallest absolute Gasteiger partial charge is 0.241 e. The second-order valence-corrected chi connectivity index (χ2v) is 6.72. The van der Waals surface area contributed by atoms with Crippen LogP contribution in [-0.4, -0.2) is 43.1 Å². The lowest BCUT2D eigenvalue weighted by Gasteiger charge is -2.44. The molecule has 1 saturated heterocycles. The number of para-hydroxylation sites is 2. The molecule has 1 fully saturated rings. The molecule has 2 rings (SSSR count).